The van der Waals surface area contributed by atoms with E-state index >= 15 is 0 Å². The zero-order valence-electron chi connectivity index (χ0n) is 17.2. The van der Waals surface area contributed by atoms with Crippen molar-refractivity contribution in [3.05, 3.63) is 34.9 Å². The number of urea groups is 1. The van der Waals surface area contributed by atoms with E-state index in [9.17, 15) is 19.2 Å². The molecule has 0 atom stereocenters. The van der Waals surface area contributed by atoms with Crippen molar-refractivity contribution < 1.29 is 23.9 Å². The molecule has 1 aromatic carbocycles. The van der Waals surface area contributed by atoms with Gasteiger partial charge in [-0.2, -0.15) is 0 Å². The van der Waals surface area contributed by atoms with E-state index in [0.717, 1.165) is 29.7 Å². The van der Waals surface area contributed by atoms with Gasteiger partial charge in [0.2, 0.25) is 5.91 Å². The van der Waals surface area contributed by atoms with Crippen LogP contribution in [0.25, 0.3) is 0 Å². The highest BCUT2D eigenvalue weighted by Crippen LogP contribution is 2.39. The van der Waals surface area contributed by atoms with E-state index < -0.39 is 30.0 Å². The van der Waals surface area contributed by atoms with Crippen LogP contribution in [-0.4, -0.2) is 71.3 Å². The maximum atomic E-state index is 13.1. The highest BCUT2D eigenvalue weighted by molar-refractivity contribution is 6.30. The zero-order chi connectivity index (χ0) is 21.9. The summed E-state index contributed by atoms with van der Waals surface area (Å²) >= 11 is 5.91. The lowest BCUT2D eigenvalue weighted by molar-refractivity contribution is -0.148. The van der Waals surface area contributed by atoms with Gasteiger partial charge in [-0.3, -0.25) is 19.3 Å². The number of methoxy groups -OCH3 is 1. The summed E-state index contributed by atoms with van der Waals surface area (Å²) in [5, 5.41) is 0.554. The van der Waals surface area contributed by atoms with E-state index in [0.29, 0.717) is 17.9 Å². The molecule has 1 aromatic rings. The Hall–Kier alpha value is -2.61. The first-order valence-electron chi connectivity index (χ1n) is 9.97. The van der Waals surface area contributed by atoms with Crippen molar-refractivity contribution in [3.63, 3.8) is 0 Å². The Morgan fingerprint density at radius 1 is 1.13 bits per heavy atom. The molecule has 3 rings (SSSR count). The third kappa shape index (κ3) is 4.28. The second kappa shape index (κ2) is 9.04. The first-order valence-corrected chi connectivity index (χ1v) is 10.3. The van der Waals surface area contributed by atoms with E-state index in [1.165, 1.54) is 16.9 Å². The van der Waals surface area contributed by atoms with Crippen molar-refractivity contribution in [2.75, 3.05) is 27.2 Å². The van der Waals surface area contributed by atoms with Crippen molar-refractivity contribution in [3.8, 4) is 0 Å². The zero-order valence-corrected chi connectivity index (χ0v) is 18.0. The number of amides is 4. The lowest BCUT2D eigenvalue weighted by atomic mass is 9.81. The maximum Gasteiger partial charge on any atom is 0.327 e. The van der Waals surface area contributed by atoms with Gasteiger partial charge in [0.1, 0.15) is 18.6 Å². The number of carbonyl (C=O) groups excluding carboxylic acids is 4. The molecule has 4 amide bonds. The fraction of sp³-hybridized carbons (Fsp3) is 0.524. The van der Waals surface area contributed by atoms with Gasteiger partial charge in [-0.1, -0.05) is 43.0 Å². The van der Waals surface area contributed by atoms with Crippen molar-refractivity contribution in [2.45, 2.75) is 44.2 Å². The summed E-state index contributed by atoms with van der Waals surface area (Å²) in [5.74, 6) is -1.41. The molecule has 9 heteroatoms. The number of rotatable bonds is 6. The Balaban J connectivity index is 1.77. The molecule has 1 saturated heterocycles. The lowest BCUT2D eigenvalue weighted by Gasteiger charge is -2.35. The third-order valence-electron chi connectivity index (χ3n) is 5.96. The van der Waals surface area contributed by atoms with E-state index in [2.05, 4.69) is 0 Å². The molecule has 2 fully saturated rings. The highest BCUT2D eigenvalue weighted by atomic mass is 35.5. The molecule has 1 aliphatic heterocycles. The Kier molecular flexibility index (Phi) is 6.65. The fourth-order valence-corrected chi connectivity index (χ4v) is 4.30. The third-order valence-corrected chi connectivity index (χ3v) is 6.22. The minimum atomic E-state index is -0.848. The summed E-state index contributed by atoms with van der Waals surface area (Å²) in [6, 6.07) is 6.40. The number of esters is 1. The molecule has 162 valence electrons. The molecule has 0 unspecified atom stereocenters. The van der Waals surface area contributed by atoms with Crippen LogP contribution in [-0.2, 0) is 25.7 Å². The molecule has 0 bridgehead atoms. The van der Waals surface area contributed by atoms with Crippen molar-refractivity contribution in [1.82, 2.24) is 14.7 Å². The van der Waals surface area contributed by atoms with Crippen LogP contribution in [0, 0.1) is 0 Å². The Labute approximate surface area is 180 Å². The summed E-state index contributed by atoms with van der Waals surface area (Å²) in [6.45, 7) is -0.564. The number of ether oxygens (including phenoxy) is 1. The average molecular weight is 436 g/mol. The van der Waals surface area contributed by atoms with Gasteiger partial charge in [-0.15, -0.1) is 0 Å². The standard InChI is InChI=1S/C21H26ClN3O5/c1-23-20(29)25(19(28)21(23)10-4-3-5-11-21)13-17(26)24(14-18(27)30-2)12-15-6-8-16(22)9-7-15/h6-9H,3-5,10-14H2,1-2H3. The highest BCUT2D eigenvalue weighted by Gasteiger charge is 2.56. The molecule has 1 spiro atoms. The number of imide groups is 1. The molecular weight excluding hydrogens is 410 g/mol. The predicted molar refractivity (Wildman–Crippen MR) is 110 cm³/mol. The van der Waals surface area contributed by atoms with Crippen LogP contribution < -0.4 is 0 Å². The van der Waals surface area contributed by atoms with Crippen LogP contribution in [0.1, 0.15) is 37.7 Å². The number of carbonyl (C=O) groups is 4. The van der Waals surface area contributed by atoms with E-state index in [-0.39, 0.29) is 19.0 Å². The number of hydrogen-bond acceptors (Lipinski definition) is 5. The van der Waals surface area contributed by atoms with Gasteiger partial charge in [0.25, 0.3) is 5.91 Å². The van der Waals surface area contributed by atoms with Crippen molar-refractivity contribution >= 4 is 35.4 Å². The molecule has 0 N–H and O–H groups in total. The number of halogens is 1. The number of benzene rings is 1. The molecule has 2 aliphatic rings. The largest absolute Gasteiger partial charge is 0.468 e. The fourth-order valence-electron chi connectivity index (χ4n) is 4.17. The molecule has 1 aliphatic carbocycles. The molecule has 30 heavy (non-hydrogen) atoms. The van der Waals surface area contributed by atoms with Crippen LogP contribution in [0.3, 0.4) is 0 Å². The lowest BCUT2D eigenvalue weighted by Crippen LogP contribution is -2.50. The van der Waals surface area contributed by atoms with Gasteiger partial charge in [0.05, 0.1) is 7.11 Å². The normalized spacial score (nSPS) is 18.1. The van der Waals surface area contributed by atoms with E-state index in [4.69, 9.17) is 16.3 Å². The van der Waals surface area contributed by atoms with Crippen LogP contribution in [0.5, 0.6) is 0 Å². The Morgan fingerprint density at radius 2 is 1.77 bits per heavy atom. The molecule has 1 heterocycles. The Bertz CT molecular complexity index is 836. The summed E-state index contributed by atoms with van der Waals surface area (Å²) < 4.78 is 4.70. The van der Waals surface area contributed by atoms with Gasteiger partial charge in [0, 0.05) is 18.6 Å². The van der Waals surface area contributed by atoms with Crippen LogP contribution >= 0.6 is 11.6 Å². The predicted octanol–water partition coefficient (Wildman–Crippen LogP) is 2.44. The van der Waals surface area contributed by atoms with Crippen molar-refractivity contribution in [2.24, 2.45) is 0 Å². The van der Waals surface area contributed by atoms with Crippen molar-refractivity contribution in [1.29, 1.82) is 0 Å². The summed E-state index contributed by atoms with van der Waals surface area (Å²) in [4.78, 5) is 54.5. The monoisotopic (exact) mass is 435 g/mol. The quantitative estimate of drug-likeness (QED) is 0.506. The minimum Gasteiger partial charge on any atom is -0.468 e. The molecule has 0 aromatic heterocycles. The number of nitrogens with zero attached hydrogens (tertiary/aromatic N) is 3. The second-order valence-electron chi connectivity index (χ2n) is 7.78. The Morgan fingerprint density at radius 3 is 2.37 bits per heavy atom. The molecule has 1 saturated carbocycles. The van der Waals surface area contributed by atoms with E-state index in [1.807, 2.05) is 0 Å². The van der Waals surface area contributed by atoms with Crippen LogP contribution in [0.2, 0.25) is 5.02 Å². The van der Waals surface area contributed by atoms with Gasteiger partial charge in [-0.05, 0) is 30.5 Å². The van der Waals surface area contributed by atoms with Crippen LogP contribution in [0.4, 0.5) is 4.79 Å². The summed E-state index contributed by atoms with van der Waals surface area (Å²) in [7, 11) is 2.86. The summed E-state index contributed by atoms with van der Waals surface area (Å²) in [6.07, 6.45) is 3.99. The smallest absolute Gasteiger partial charge is 0.327 e. The number of hydrogen-bond donors (Lipinski definition) is 0. The van der Waals surface area contributed by atoms with Gasteiger partial charge < -0.3 is 14.5 Å². The van der Waals surface area contributed by atoms with Gasteiger partial charge in [0.15, 0.2) is 0 Å². The van der Waals surface area contributed by atoms with Gasteiger partial charge in [-0.25, -0.2) is 4.79 Å². The topological polar surface area (TPSA) is 87.2 Å². The molecule has 0 radical (unpaired) electrons. The first kappa shape index (κ1) is 22.1. The van der Waals surface area contributed by atoms with Crippen LogP contribution in [0.15, 0.2) is 24.3 Å². The summed E-state index contributed by atoms with van der Waals surface area (Å²) in [5.41, 5.74) is -0.0875. The molecular formula is C21H26ClN3O5. The van der Waals surface area contributed by atoms with Gasteiger partial charge >= 0.3 is 12.0 Å². The second-order valence-corrected chi connectivity index (χ2v) is 8.21. The maximum absolute atomic E-state index is 13.1. The molecule has 8 nitrogen and oxygen atoms in total. The SMILES string of the molecule is COC(=O)CN(Cc1ccc(Cl)cc1)C(=O)CN1C(=O)N(C)C2(CCCCC2)C1=O. The number of likely N-dealkylation sites (N-methyl/N-ethyl adjacent to an activating group) is 1. The first-order chi connectivity index (χ1) is 14.3. The average Bonchev–Trinajstić information content (AvgIpc) is 2.91. The minimum absolute atomic E-state index is 0.127. The van der Waals surface area contributed by atoms with E-state index in [1.54, 1.807) is 31.3 Å².